The van der Waals surface area contributed by atoms with Crippen molar-refractivity contribution in [1.82, 2.24) is 15.5 Å². The Morgan fingerprint density at radius 1 is 1.42 bits per heavy atom. The molecule has 0 aromatic carbocycles. The minimum absolute atomic E-state index is 0. The molecule has 1 aliphatic heterocycles. The summed E-state index contributed by atoms with van der Waals surface area (Å²) >= 11 is 0. The Hall–Kier alpha value is -0.480. The maximum Gasteiger partial charge on any atom is 0.191 e. The van der Waals surface area contributed by atoms with Gasteiger partial charge in [0.2, 0.25) is 0 Å². The summed E-state index contributed by atoms with van der Waals surface area (Å²) in [5.74, 6) is 3.33. The van der Waals surface area contributed by atoms with Crippen LogP contribution < -0.4 is 10.6 Å². The van der Waals surface area contributed by atoms with Crippen molar-refractivity contribution >= 4 is 29.9 Å². The van der Waals surface area contributed by atoms with Crippen LogP contribution in [0.3, 0.4) is 0 Å². The Morgan fingerprint density at radius 2 is 2.21 bits per heavy atom. The molecule has 1 aliphatic rings. The number of likely N-dealkylation sites (tertiary alicyclic amines) is 1. The second-order valence-electron chi connectivity index (χ2n) is 4.79. The largest absolute Gasteiger partial charge is 0.356 e. The monoisotopic (exact) mass is 378 g/mol. The average Bonchev–Trinajstić information content (AvgIpc) is 2.40. The van der Waals surface area contributed by atoms with Crippen molar-refractivity contribution in [2.24, 2.45) is 4.99 Å². The Bertz CT molecular complexity index is 298. The number of aliphatic imine (C=N–C) groups is 1. The van der Waals surface area contributed by atoms with Crippen molar-refractivity contribution in [3.05, 3.63) is 0 Å². The predicted molar refractivity (Wildman–Crippen MR) is 93.1 cm³/mol. The SMILES string of the molecule is C#CCNC(=NC)NCCCN1CCCCC1C.I. The molecule has 1 fully saturated rings. The van der Waals surface area contributed by atoms with Crippen LogP contribution in [0.25, 0.3) is 0 Å². The maximum atomic E-state index is 5.20. The fraction of sp³-hybridized carbons (Fsp3) is 0.786. The summed E-state index contributed by atoms with van der Waals surface area (Å²) in [5, 5.41) is 6.33. The van der Waals surface area contributed by atoms with Gasteiger partial charge < -0.3 is 15.5 Å². The van der Waals surface area contributed by atoms with Crippen LogP contribution in [0.1, 0.15) is 32.6 Å². The molecule has 1 atom stereocenters. The lowest BCUT2D eigenvalue weighted by atomic mass is 10.0. The average molecular weight is 378 g/mol. The van der Waals surface area contributed by atoms with E-state index in [4.69, 9.17) is 6.42 Å². The zero-order chi connectivity index (χ0) is 13.2. The first-order chi connectivity index (χ1) is 8.77. The third kappa shape index (κ3) is 7.63. The Balaban J connectivity index is 0.00000324. The van der Waals surface area contributed by atoms with Crippen LogP contribution in [-0.2, 0) is 0 Å². The molecule has 0 aromatic rings. The molecular formula is C14H27IN4. The maximum absolute atomic E-state index is 5.20. The van der Waals surface area contributed by atoms with Crippen LogP contribution in [0.2, 0.25) is 0 Å². The molecule has 1 rings (SSSR count). The van der Waals surface area contributed by atoms with E-state index in [0.717, 1.165) is 25.0 Å². The number of nitrogens with zero attached hydrogens (tertiary/aromatic N) is 2. The highest BCUT2D eigenvalue weighted by Crippen LogP contribution is 2.15. The minimum atomic E-state index is 0. The van der Waals surface area contributed by atoms with E-state index in [1.54, 1.807) is 7.05 Å². The van der Waals surface area contributed by atoms with E-state index in [0.29, 0.717) is 6.54 Å². The lowest BCUT2D eigenvalue weighted by Gasteiger charge is -2.33. The van der Waals surface area contributed by atoms with Gasteiger partial charge in [0.1, 0.15) is 0 Å². The summed E-state index contributed by atoms with van der Waals surface area (Å²) in [7, 11) is 1.76. The second-order valence-corrected chi connectivity index (χ2v) is 4.79. The summed E-state index contributed by atoms with van der Waals surface area (Å²) in [5.41, 5.74) is 0. The Morgan fingerprint density at radius 3 is 2.84 bits per heavy atom. The van der Waals surface area contributed by atoms with Gasteiger partial charge in [0.25, 0.3) is 0 Å². The molecular weight excluding hydrogens is 351 g/mol. The van der Waals surface area contributed by atoms with E-state index in [2.05, 4.69) is 33.4 Å². The fourth-order valence-corrected chi connectivity index (χ4v) is 2.33. The van der Waals surface area contributed by atoms with Crippen LogP contribution >= 0.6 is 24.0 Å². The smallest absolute Gasteiger partial charge is 0.191 e. The fourth-order valence-electron chi connectivity index (χ4n) is 2.33. The quantitative estimate of drug-likeness (QED) is 0.251. The summed E-state index contributed by atoms with van der Waals surface area (Å²) in [6, 6.07) is 0.748. The number of nitrogens with one attached hydrogen (secondary N) is 2. The number of rotatable bonds is 5. The molecule has 2 N–H and O–H groups in total. The van der Waals surface area contributed by atoms with Gasteiger partial charge in [0, 0.05) is 26.2 Å². The van der Waals surface area contributed by atoms with Gasteiger partial charge in [0.05, 0.1) is 6.54 Å². The van der Waals surface area contributed by atoms with E-state index >= 15 is 0 Å². The van der Waals surface area contributed by atoms with Crippen molar-refractivity contribution in [3.63, 3.8) is 0 Å². The van der Waals surface area contributed by atoms with E-state index in [1.807, 2.05) is 0 Å². The molecule has 5 heteroatoms. The van der Waals surface area contributed by atoms with Crippen molar-refractivity contribution in [3.8, 4) is 12.3 Å². The molecule has 1 unspecified atom stereocenters. The highest BCUT2D eigenvalue weighted by molar-refractivity contribution is 14.0. The standard InChI is InChI=1S/C14H26N4.HI/c1-4-9-16-14(15-3)17-10-7-12-18-11-6-5-8-13(18)2;/h1,13H,5-12H2,2-3H3,(H2,15,16,17);1H. The number of terminal acetylenes is 1. The molecule has 0 aromatic heterocycles. The van der Waals surface area contributed by atoms with Crippen LogP contribution in [-0.4, -0.2) is 50.1 Å². The molecule has 1 heterocycles. The predicted octanol–water partition coefficient (Wildman–Crippen LogP) is 1.67. The van der Waals surface area contributed by atoms with Crippen molar-refractivity contribution in [2.45, 2.75) is 38.6 Å². The second kappa shape index (κ2) is 11.4. The van der Waals surface area contributed by atoms with Gasteiger partial charge in [0.15, 0.2) is 5.96 Å². The summed E-state index contributed by atoms with van der Waals surface area (Å²) in [4.78, 5) is 6.70. The van der Waals surface area contributed by atoms with E-state index in [1.165, 1.54) is 32.4 Å². The number of piperidine rings is 1. The Labute approximate surface area is 134 Å². The molecule has 0 saturated carbocycles. The van der Waals surface area contributed by atoms with Crippen molar-refractivity contribution < 1.29 is 0 Å². The van der Waals surface area contributed by atoms with Crippen molar-refractivity contribution in [1.29, 1.82) is 0 Å². The molecule has 0 radical (unpaired) electrons. The number of hydrogen-bond acceptors (Lipinski definition) is 2. The Kier molecular flexibility index (Phi) is 11.1. The van der Waals surface area contributed by atoms with Crippen LogP contribution in [0, 0.1) is 12.3 Å². The molecule has 0 spiro atoms. The van der Waals surface area contributed by atoms with Gasteiger partial charge in [-0.1, -0.05) is 12.3 Å². The van der Waals surface area contributed by atoms with Crippen LogP contribution in [0.15, 0.2) is 4.99 Å². The molecule has 0 aliphatic carbocycles. The first-order valence-corrected chi connectivity index (χ1v) is 6.90. The summed E-state index contributed by atoms with van der Waals surface area (Å²) in [6.07, 6.45) is 10.4. The van der Waals surface area contributed by atoms with Gasteiger partial charge in [-0.2, -0.15) is 0 Å². The number of halogens is 1. The number of hydrogen-bond donors (Lipinski definition) is 2. The topological polar surface area (TPSA) is 39.7 Å². The van der Waals surface area contributed by atoms with E-state index < -0.39 is 0 Å². The molecule has 110 valence electrons. The van der Waals surface area contributed by atoms with Crippen LogP contribution in [0.5, 0.6) is 0 Å². The highest BCUT2D eigenvalue weighted by atomic mass is 127. The lowest BCUT2D eigenvalue weighted by molar-refractivity contribution is 0.159. The summed E-state index contributed by atoms with van der Waals surface area (Å²) < 4.78 is 0. The molecule has 0 bridgehead atoms. The minimum Gasteiger partial charge on any atom is -0.356 e. The molecule has 1 saturated heterocycles. The first-order valence-electron chi connectivity index (χ1n) is 6.90. The van der Waals surface area contributed by atoms with Gasteiger partial charge in [-0.3, -0.25) is 4.99 Å². The van der Waals surface area contributed by atoms with Gasteiger partial charge in [-0.05, 0) is 32.7 Å². The lowest BCUT2D eigenvalue weighted by Crippen LogP contribution is -2.41. The first kappa shape index (κ1) is 18.5. The zero-order valence-electron chi connectivity index (χ0n) is 12.1. The third-order valence-electron chi connectivity index (χ3n) is 3.44. The normalized spacial score (nSPS) is 20.3. The van der Waals surface area contributed by atoms with Crippen molar-refractivity contribution in [2.75, 3.05) is 33.2 Å². The molecule has 0 amide bonds. The van der Waals surface area contributed by atoms with Gasteiger partial charge >= 0.3 is 0 Å². The molecule has 4 nitrogen and oxygen atoms in total. The zero-order valence-corrected chi connectivity index (χ0v) is 14.4. The molecule has 19 heavy (non-hydrogen) atoms. The highest BCUT2D eigenvalue weighted by Gasteiger charge is 2.16. The van der Waals surface area contributed by atoms with Gasteiger partial charge in [-0.15, -0.1) is 30.4 Å². The van der Waals surface area contributed by atoms with Crippen LogP contribution in [0.4, 0.5) is 0 Å². The third-order valence-corrected chi connectivity index (χ3v) is 3.44. The number of guanidine groups is 1. The van der Waals surface area contributed by atoms with E-state index in [9.17, 15) is 0 Å². The summed E-state index contributed by atoms with van der Waals surface area (Å²) in [6.45, 7) is 6.21. The van der Waals surface area contributed by atoms with E-state index in [-0.39, 0.29) is 24.0 Å². The van der Waals surface area contributed by atoms with Gasteiger partial charge in [-0.25, -0.2) is 0 Å².